The molecule has 2 rings (SSSR count). The molecule has 0 saturated heterocycles. The highest BCUT2D eigenvalue weighted by Gasteiger charge is 2.07. The Morgan fingerprint density at radius 2 is 0.889 bits per heavy atom. The second-order valence-electron chi connectivity index (χ2n) is 3.10. The summed E-state index contributed by atoms with van der Waals surface area (Å²) in [5, 5.41) is 8.66. The SMILES string of the molecule is Ic1cncc(I)c1N=Nc1c(I)cncc1I. The first-order chi connectivity index (χ1) is 8.59. The summed E-state index contributed by atoms with van der Waals surface area (Å²) >= 11 is 8.84. The third-order valence-corrected chi connectivity index (χ3v) is 5.06. The van der Waals surface area contributed by atoms with Crippen LogP contribution in [0.1, 0.15) is 0 Å². The van der Waals surface area contributed by atoms with Crippen molar-refractivity contribution < 1.29 is 0 Å². The van der Waals surface area contributed by atoms with Gasteiger partial charge in [-0.05, 0) is 90.4 Å². The Labute approximate surface area is 158 Å². The maximum absolute atomic E-state index is 4.33. The summed E-state index contributed by atoms with van der Waals surface area (Å²) in [5.74, 6) is 0. The molecule has 0 aliphatic heterocycles. The second kappa shape index (κ2) is 7.01. The van der Waals surface area contributed by atoms with E-state index in [4.69, 9.17) is 0 Å². The molecule has 4 nitrogen and oxygen atoms in total. The van der Waals surface area contributed by atoms with Crippen molar-refractivity contribution in [2.24, 2.45) is 10.2 Å². The van der Waals surface area contributed by atoms with Crippen molar-refractivity contribution in [3.8, 4) is 0 Å². The fourth-order valence-corrected chi connectivity index (χ4v) is 4.37. The van der Waals surface area contributed by atoms with E-state index in [1.165, 1.54) is 0 Å². The summed E-state index contributed by atoms with van der Waals surface area (Å²) < 4.78 is 3.95. The highest BCUT2D eigenvalue weighted by Crippen LogP contribution is 2.31. The Balaban J connectivity index is 2.43. The number of rotatable bonds is 2. The Kier molecular flexibility index (Phi) is 5.92. The van der Waals surface area contributed by atoms with Crippen LogP contribution in [0.5, 0.6) is 0 Å². The number of pyridine rings is 2. The first-order valence-electron chi connectivity index (χ1n) is 4.59. The van der Waals surface area contributed by atoms with Gasteiger partial charge in [0.25, 0.3) is 0 Å². The second-order valence-corrected chi connectivity index (χ2v) is 7.75. The maximum Gasteiger partial charge on any atom is 0.115 e. The molecule has 0 aliphatic rings. The average molecular weight is 688 g/mol. The van der Waals surface area contributed by atoms with Crippen LogP contribution in [0.15, 0.2) is 35.0 Å². The van der Waals surface area contributed by atoms with Crippen molar-refractivity contribution in [3.05, 3.63) is 39.1 Å². The molecule has 0 amide bonds. The maximum atomic E-state index is 4.33. The lowest BCUT2D eigenvalue weighted by Crippen LogP contribution is -1.83. The Morgan fingerprint density at radius 1 is 0.611 bits per heavy atom. The van der Waals surface area contributed by atoms with Crippen LogP contribution in [-0.2, 0) is 0 Å². The predicted octanol–water partition coefficient (Wildman–Crippen LogP) is 5.31. The molecule has 0 saturated carbocycles. The zero-order valence-electron chi connectivity index (χ0n) is 8.61. The number of azo groups is 1. The number of halogens is 4. The van der Waals surface area contributed by atoms with Crippen LogP contribution < -0.4 is 0 Å². The van der Waals surface area contributed by atoms with Crippen molar-refractivity contribution in [2.45, 2.75) is 0 Å². The number of hydrogen-bond donors (Lipinski definition) is 0. The van der Waals surface area contributed by atoms with Crippen molar-refractivity contribution in [3.63, 3.8) is 0 Å². The average Bonchev–Trinajstić information content (AvgIpc) is 2.31. The smallest absolute Gasteiger partial charge is 0.115 e. The normalized spacial score (nSPS) is 11.1. The molecule has 8 heteroatoms. The molecule has 2 heterocycles. The minimum atomic E-state index is 0.856. The van der Waals surface area contributed by atoms with Crippen molar-refractivity contribution in [1.82, 2.24) is 9.97 Å². The number of aromatic nitrogens is 2. The molecular formula is C10H4I4N4. The lowest BCUT2D eigenvalue weighted by Gasteiger charge is -2.01. The summed E-state index contributed by atoms with van der Waals surface area (Å²) in [6.07, 6.45) is 7.11. The molecular weight excluding hydrogens is 684 g/mol. The Morgan fingerprint density at radius 3 is 1.17 bits per heavy atom. The van der Waals surface area contributed by atoms with E-state index >= 15 is 0 Å². The lowest BCUT2D eigenvalue weighted by molar-refractivity contribution is 1.15. The van der Waals surface area contributed by atoms with E-state index in [1.54, 1.807) is 24.8 Å². The van der Waals surface area contributed by atoms with Gasteiger partial charge >= 0.3 is 0 Å². The van der Waals surface area contributed by atoms with Crippen LogP contribution in [0.3, 0.4) is 0 Å². The van der Waals surface area contributed by atoms with Crippen LogP contribution in [0, 0.1) is 14.3 Å². The van der Waals surface area contributed by atoms with Gasteiger partial charge in [-0.2, -0.15) is 0 Å². The summed E-state index contributed by atoms with van der Waals surface area (Å²) in [4.78, 5) is 8.21. The molecule has 0 bridgehead atoms. The fourth-order valence-electron chi connectivity index (χ4n) is 1.10. The molecule has 0 aromatic carbocycles. The van der Waals surface area contributed by atoms with Crippen LogP contribution in [0.4, 0.5) is 11.4 Å². The molecule has 18 heavy (non-hydrogen) atoms. The Hall–Kier alpha value is 0.820. The summed E-state index contributed by atoms with van der Waals surface area (Å²) in [5.41, 5.74) is 1.71. The number of hydrogen-bond acceptors (Lipinski definition) is 4. The number of nitrogens with zero attached hydrogens (tertiary/aromatic N) is 4. The van der Waals surface area contributed by atoms with E-state index in [1.807, 2.05) is 0 Å². The van der Waals surface area contributed by atoms with Crippen LogP contribution in [0.2, 0.25) is 0 Å². The standard InChI is InChI=1S/C10H4I4N4/c11-5-1-15-2-6(12)9(5)17-18-10-7(13)3-16-4-8(10)14/h1-4H. The summed E-state index contributed by atoms with van der Waals surface area (Å²) in [7, 11) is 0. The van der Waals surface area contributed by atoms with Crippen molar-refractivity contribution in [2.75, 3.05) is 0 Å². The van der Waals surface area contributed by atoms with E-state index in [-0.39, 0.29) is 0 Å². The molecule has 0 radical (unpaired) electrons. The third kappa shape index (κ3) is 3.68. The van der Waals surface area contributed by atoms with Gasteiger partial charge in [0.15, 0.2) is 0 Å². The minimum Gasteiger partial charge on any atom is -0.262 e. The molecule has 0 spiro atoms. The molecule has 0 unspecified atom stereocenters. The van der Waals surface area contributed by atoms with Crippen molar-refractivity contribution >= 4 is 102 Å². The molecule has 2 aromatic heterocycles. The Bertz CT molecular complexity index is 521. The zero-order chi connectivity index (χ0) is 13.1. The monoisotopic (exact) mass is 688 g/mol. The van der Waals surface area contributed by atoms with E-state index in [9.17, 15) is 0 Å². The third-order valence-electron chi connectivity index (χ3n) is 1.91. The predicted molar refractivity (Wildman–Crippen MR) is 104 cm³/mol. The molecule has 0 fully saturated rings. The van der Waals surface area contributed by atoms with Gasteiger partial charge < -0.3 is 0 Å². The summed E-state index contributed by atoms with van der Waals surface area (Å²) in [6.45, 7) is 0. The molecule has 0 N–H and O–H groups in total. The summed E-state index contributed by atoms with van der Waals surface area (Å²) in [6, 6.07) is 0. The molecule has 0 atom stereocenters. The van der Waals surface area contributed by atoms with Gasteiger partial charge in [-0.3, -0.25) is 9.97 Å². The van der Waals surface area contributed by atoms with E-state index in [0.717, 1.165) is 25.7 Å². The highest BCUT2D eigenvalue weighted by molar-refractivity contribution is 14.1. The van der Waals surface area contributed by atoms with Gasteiger partial charge in [0.1, 0.15) is 11.4 Å². The minimum absolute atomic E-state index is 0.856. The first kappa shape index (κ1) is 15.2. The fraction of sp³-hybridized carbons (Fsp3) is 0. The highest BCUT2D eigenvalue weighted by atomic mass is 127. The first-order valence-corrected chi connectivity index (χ1v) is 8.91. The van der Waals surface area contributed by atoms with Crippen LogP contribution in [-0.4, -0.2) is 9.97 Å². The van der Waals surface area contributed by atoms with E-state index in [2.05, 4.69) is 111 Å². The lowest BCUT2D eigenvalue weighted by atomic mass is 10.4. The van der Waals surface area contributed by atoms with Gasteiger partial charge in [0.05, 0.1) is 14.3 Å². The molecule has 2 aromatic rings. The van der Waals surface area contributed by atoms with Crippen LogP contribution in [0.25, 0.3) is 0 Å². The van der Waals surface area contributed by atoms with E-state index < -0.39 is 0 Å². The van der Waals surface area contributed by atoms with Crippen LogP contribution >= 0.6 is 90.4 Å². The van der Waals surface area contributed by atoms with Gasteiger partial charge in [-0.25, -0.2) is 0 Å². The van der Waals surface area contributed by atoms with Gasteiger partial charge in [0, 0.05) is 24.8 Å². The zero-order valence-corrected chi connectivity index (χ0v) is 17.2. The van der Waals surface area contributed by atoms with E-state index in [0.29, 0.717) is 0 Å². The molecule has 0 aliphatic carbocycles. The van der Waals surface area contributed by atoms with Gasteiger partial charge in [0.2, 0.25) is 0 Å². The topological polar surface area (TPSA) is 50.5 Å². The van der Waals surface area contributed by atoms with Gasteiger partial charge in [-0.1, -0.05) is 0 Å². The quantitative estimate of drug-likeness (QED) is 0.318. The molecule has 92 valence electrons. The largest absolute Gasteiger partial charge is 0.262 e. The van der Waals surface area contributed by atoms with Crippen molar-refractivity contribution in [1.29, 1.82) is 0 Å². The van der Waals surface area contributed by atoms with Gasteiger partial charge in [-0.15, -0.1) is 10.2 Å².